The Morgan fingerprint density at radius 1 is 1.33 bits per heavy atom. The Labute approximate surface area is 125 Å². The summed E-state index contributed by atoms with van der Waals surface area (Å²) in [5, 5.41) is 4.28. The van der Waals surface area contributed by atoms with Gasteiger partial charge in [0.2, 0.25) is 10.0 Å². The van der Waals surface area contributed by atoms with Crippen molar-refractivity contribution in [1.82, 2.24) is 14.5 Å². The van der Waals surface area contributed by atoms with Crippen molar-refractivity contribution in [2.45, 2.75) is 31.8 Å². The first-order valence-corrected chi connectivity index (χ1v) is 8.11. The first-order chi connectivity index (χ1) is 9.85. The second kappa shape index (κ2) is 5.97. The number of aromatic nitrogens is 2. The fourth-order valence-corrected chi connectivity index (χ4v) is 3.23. The molecule has 0 radical (unpaired) electrons. The van der Waals surface area contributed by atoms with E-state index in [-0.39, 0.29) is 11.4 Å². The van der Waals surface area contributed by atoms with Gasteiger partial charge in [0.05, 0.1) is 10.6 Å². The van der Waals surface area contributed by atoms with E-state index < -0.39 is 10.0 Å². The van der Waals surface area contributed by atoms with E-state index in [4.69, 9.17) is 5.73 Å². The zero-order valence-electron chi connectivity index (χ0n) is 12.4. The van der Waals surface area contributed by atoms with Gasteiger partial charge in [0.1, 0.15) is 0 Å². The predicted molar refractivity (Wildman–Crippen MR) is 81.0 cm³/mol. The molecule has 0 aliphatic carbocycles. The molecule has 114 valence electrons. The maximum Gasteiger partial charge on any atom is 0.240 e. The van der Waals surface area contributed by atoms with Crippen molar-refractivity contribution in [3.63, 3.8) is 0 Å². The van der Waals surface area contributed by atoms with E-state index in [1.807, 2.05) is 20.9 Å². The van der Waals surface area contributed by atoms with Crippen LogP contribution in [0.2, 0.25) is 0 Å². The summed E-state index contributed by atoms with van der Waals surface area (Å²) < 4.78 is 29.0. The Kier molecular flexibility index (Phi) is 4.46. The lowest BCUT2D eigenvalue weighted by molar-refractivity contribution is 0.581. The molecule has 0 saturated heterocycles. The smallest absolute Gasteiger partial charge is 0.240 e. The largest absolute Gasteiger partial charge is 0.326 e. The molecule has 2 rings (SSSR count). The summed E-state index contributed by atoms with van der Waals surface area (Å²) in [4.78, 5) is 0.227. The molecule has 0 amide bonds. The van der Waals surface area contributed by atoms with Crippen molar-refractivity contribution in [2.75, 3.05) is 0 Å². The molecule has 21 heavy (non-hydrogen) atoms. The molecule has 0 unspecified atom stereocenters. The van der Waals surface area contributed by atoms with E-state index in [2.05, 4.69) is 9.82 Å². The molecular weight excluding hydrogens is 288 g/mol. The zero-order chi connectivity index (χ0) is 15.6. The minimum atomic E-state index is -3.56. The molecule has 6 nitrogen and oxygen atoms in total. The summed E-state index contributed by atoms with van der Waals surface area (Å²) in [5.74, 6) is 0. The van der Waals surface area contributed by atoms with Crippen LogP contribution in [-0.4, -0.2) is 18.2 Å². The Bertz CT molecular complexity index is 750. The average Bonchev–Trinajstić information content (AvgIpc) is 2.70. The monoisotopic (exact) mass is 308 g/mol. The standard InChI is InChI=1S/C14H20N4O2S/c1-10-14(11(2)18(3)17-10)9-16-21(19,20)13-6-4-5-12(7-13)8-15/h4-7,16H,8-9,15H2,1-3H3. The van der Waals surface area contributed by atoms with Gasteiger partial charge in [-0.3, -0.25) is 4.68 Å². The van der Waals surface area contributed by atoms with Crippen LogP contribution in [0.4, 0.5) is 0 Å². The number of aryl methyl sites for hydroxylation is 2. The van der Waals surface area contributed by atoms with Gasteiger partial charge in [-0.25, -0.2) is 13.1 Å². The third-order valence-corrected chi connectivity index (χ3v) is 4.94. The van der Waals surface area contributed by atoms with E-state index in [9.17, 15) is 8.42 Å². The lowest BCUT2D eigenvalue weighted by Crippen LogP contribution is -2.24. The van der Waals surface area contributed by atoms with Gasteiger partial charge in [0, 0.05) is 31.4 Å². The number of hydrogen-bond donors (Lipinski definition) is 2. The van der Waals surface area contributed by atoms with Crippen LogP contribution in [0.1, 0.15) is 22.5 Å². The second-order valence-corrected chi connectivity index (χ2v) is 6.72. The number of nitrogens with two attached hydrogens (primary N) is 1. The molecule has 0 bridgehead atoms. The summed E-state index contributed by atoms with van der Waals surface area (Å²) in [6, 6.07) is 6.64. The molecule has 0 saturated carbocycles. The number of nitrogens with zero attached hydrogens (tertiary/aromatic N) is 2. The normalized spacial score (nSPS) is 11.8. The van der Waals surface area contributed by atoms with Gasteiger partial charge in [0.15, 0.2) is 0 Å². The molecule has 2 aromatic rings. The summed E-state index contributed by atoms with van der Waals surface area (Å²) in [7, 11) is -1.72. The van der Waals surface area contributed by atoms with Gasteiger partial charge >= 0.3 is 0 Å². The lowest BCUT2D eigenvalue weighted by atomic mass is 10.2. The highest BCUT2D eigenvalue weighted by molar-refractivity contribution is 7.89. The van der Waals surface area contributed by atoms with E-state index in [1.54, 1.807) is 28.9 Å². The quantitative estimate of drug-likeness (QED) is 0.861. The van der Waals surface area contributed by atoms with Gasteiger partial charge in [0.25, 0.3) is 0 Å². The number of nitrogens with one attached hydrogen (secondary N) is 1. The Morgan fingerprint density at radius 2 is 2.05 bits per heavy atom. The van der Waals surface area contributed by atoms with Gasteiger partial charge in [-0.1, -0.05) is 12.1 Å². The summed E-state index contributed by atoms with van der Waals surface area (Å²) in [6.45, 7) is 4.31. The van der Waals surface area contributed by atoms with Crippen LogP contribution in [0.5, 0.6) is 0 Å². The Morgan fingerprint density at radius 3 is 2.62 bits per heavy atom. The third-order valence-electron chi connectivity index (χ3n) is 3.54. The van der Waals surface area contributed by atoms with Gasteiger partial charge in [-0.2, -0.15) is 5.10 Å². The molecule has 3 N–H and O–H groups in total. The highest BCUT2D eigenvalue weighted by atomic mass is 32.2. The third kappa shape index (κ3) is 3.31. The molecule has 7 heteroatoms. The minimum absolute atomic E-state index is 0.223. The van der Waals surface area contributed by atoms with E-state index in [1.165, 1.54) is 0 Å². The molecule has 1 heterocycles. The van der Waals surface area contributed by atoms with Gasteiger partial charge in [-0.05, 0) is 31.5 Å². The predicted octanol–water partition coefficient (Wildman–Crippen LogP) is 0.974. The first kappa shape index (κ1) is 15.7. The van der Waals surface area contributed by atoms with Crippen LogP contribution < -0.4 is 10.5 Å². The number of sulfonamides is 1. The lowest BCUT2D eigenvalue weighted by Gasteiger charge is -2.08. The molecular formula is C14H20N4O2S. The first-order valence-electron chi connectivity index (χ1n) is 6.63. The van der Waals surface area contributed by atoms with Gasteiger partial charge in [-0.15, -0.1) is 0 Å². The maximum atomic E-state index is 12.3. The van der Waals surface area contributed by atoms with Gasteiger partial charge < -0.3 is 5.73 Å². The molecule has 0 aliphatic rings. The second-order valence-electron chi connectivity index (χ2n) is 4.95. The van der Waals surface area contributed by atoms with E-state index in [0.717, 1.165) is 22.5 Å². The van der Waals surface area contributed by atoms with Crippen LogP contribution in [0.25, 0.3) is 0 Å². The fourth-order valence-electron chi connectivity index (χ4n) is 2.16. The minimum Gasteiger partial charge on any atom is -0.326 e. The fraction of sp³-hybridized carbons (Fsp3) is 0.357. The number of hydrogen-bond acceptors (Lipinski definition) is 4. The maximum absolute atomic E-state index is 12.3. The van der Waals surface area contributed by atoms with E-state index >= 15 is 0 Å². The van der Waals surface area contributed by atoms with Crippen LogP contribution >= 0.6 is 0 Å². The molecule has 0 fully saturated rings. The number of rotatable bonds is 5. The SMILES string of the molecule is Cc1nn(C)c(C)c1CNS(=O)(=O)c1cccc(CN)c1. The van der Waals surface area contributed by atoms with Crippen molar-refractivity contribution in [3.05, 3.63) is 46.8 Å². The molecule has 0 aliphatic heterocycles. The van der Waals surface area contributed by atoms with Crippen LogP contribution in [-0.2, 0) is 30.2 Å². The highest BCUT2D eigenvalue weighted by Gasteiger charge is 2.16. The summed E-state index contributed by atoms with van der Waals surface area (Å²) >= 11 is 0. The molecule has 1 aromatic carbocycles. The van der Waals surface area contributed by atoms with E-state index in [0.29, 0.717) is 6.54 Å². The van der Waals surface area contributed by atoms with Crippen molar-refractivity contribution >= 4 is 10.0 Å². The topological polar surface area (TPSA) is 90.0 Å². The van der Waals surface area contributed by atoms with Crippen LogP contribution in [0, 0.1) is 13.8 Å². The molecule has 0 spiro atoms. The number of benzene rings is 1. The van der Waals surface area contributed by atoms with Crippen molar-refractivity contribution in [2.24, 2.45) is 12.8 Å². The Hall–Kier alpha value is -1.70. The molecule has 1 aromatic heterocycles. The summed E-state index contributed by atoms with van der Waals surface area (Å²) in [5.41, 5.74) is 9.00. The van der Waals surface area contributed by atoms with Crippen LogP contribution in [0.15, 0.2) is 29.2 Å². The van der Waals surface area contributed by atoms with Crippen molar-refractivity contribution < 1.29 is 8.42 Å². The Balaban J connectivity index is 2.21. The average molecular weight is 308 g/mol. The van der Waals surface area contributed by atoms with Crippen molar-refractivity contribution in [1.29, 1.82) is 0 Å². The highest BCUT2D eigenvalue weighted by Crippen LogP contribution is 2.15. The zero-order valence-corrected chi connectivity index (χ0v) is 13.2. The summed E-state index contributed by atoms with van der Waals surface area (Å²) in [6.07, 6.45) is 0. The van der Waals surface area contributed by atoms with Crippen molar-refractivity contribution in [3.8, 4) is 0 Å². The molecule has 0 atom stereocenters. The van der Waals surface area contributed by atoms with Crippen LogP contribution in [0.3, 0.4) is 0 Å².